The maximum absolute atomic E-state index is 12.6. The summed E-state index contributed by atoms with van der Waals surface area (Å²) in [6, 6.07) is 19.0. The summed E-state index contributed by atoms with van der Waals surface area (Å²) in [4.78, 5) is 27.7. The molecule has 0 fully saturated rings. The van der Waals surface area contributed by atoms with Crippen molar-refractivity contribution in [1.29, 1.82) is 0 Å². The van der Waals surface area contributed by atoms with E-state index in [0.717, 1.165) is 13.1 Å². The predicted octanol–water partition coefficient (Wildman–Crippen LogP) is 4.22. The Kier molecular flexibility index (Phi) is 6.23. The van der Waals surface area contributed by atoms with Crippen LogP contribution in [0.3, 0.4) is 0 Å². The van der Waals surface area contributed by atoms with Gasteiger partial charge in [-0.15, -0.1) is 0 Å². The SMILES string of the molecule is COC(=O)[C@H]1CC2=C(C[C@@H]1C(=O)OC)C(C)N(Cc1ccccc1)Cc1ccccc12. The van der Waals surface area contributed by atoms with Crippen molar-refractivity contribution in [1.82, 2.24) is 4.90 Å². The van der Waals surface area contributed by atoms with Gasteiger partial charge in [0.05, 0.1) is 26.1 Å². The lowest BCUT2D eigenvalue weighted by atomic mass is 9.72. The zero-order chi connectivity index (χ0) is 22.0. The van der Waals surface area contributed by atoms with Crippen LogP contribution in [-0.4, -0.2) is 37.1 Å². The number of ether oxygens (including phenoxy) is 2. The van der Waals surface area contributed by atoms with E-state index in [1.807, 2.05) is 12.1 Å². The van der Waals surface area contributed by atoms with Crippen LogP contribution in [0.5, 0.6) is 0 Å². The van der Waals surface area contributed by atoms with Crippen molar-refractivity contribution < 1.29 is 19.1 Å². The summed E-state index contributed by atoms with van der Waals surface area (Å²) in [6.07, 6.45) is 0.991. The Balaban J connectivity index is 1.78. The Morgan fingerprint density at radius 2 is 1.52 bits per heavy atom. The van der Waals surface area contributed by atoms with Crippen LogP contribution in [0.1, 0.15) is 36.5 Å². The second kappa shape index (κ2) is 9.06. The van der Waals surface area contributed by atoms with E-state index in [1.165, 1.54) is 42.1 Å². The first-order chi connectivity index (χ1) is 15.0. The molecule has 0 aromatic heterocycles. The third kappa shape index (κ3) is 4.15. The van der Waals surface area contributed by atoms with Crippen LogP contribution in [0, 0.1) is 11.8 Å². The average Bonchev–Trinajstić information content (AvgIpc) is 2.92. The molecule has 2 aliphatic rings. The Morgan fingerprint density at radius 1 is 0.903 bits per heavy atom. The Labute approximate surface area is 183 Å². The molecule has 5 heteroatoms. The van der Waals surface area contributed by atoms with Gasteiger partial charge in [0.25, 0.3) is 0 Å². The zero-order valence-electron chi connectivity index (χ0n) is 18.3. The van der Waals surface area contributed by atoms with Gasteiger partial charge in [0.1, 0.15) is 0 Å². The maximum atomic E-state index is 12.6. The van der Waals surface area contributed by atoms with Gasteiger partial charge in [0.2, 0.25) is 0 Å². The first-order valence-corrected chi connectivity index (χ1v) is 10.8. The number of nitrogens with zero attached hydrogens (tertiary/aromatic N) is 1. The molecule has 1 aliphatic heterocycles. The molecule has 0 bridgehead atoms. The molecule has 0 radical (unpaired) electrons. The van der Waals surface area contributed by atoms with Crippen LogP contribution in [0.4, 0.5) is 0 Å². The third-order valence-electron chi connectivity index (χ3n) is 6.74. The second-order valence-corrected chi connectivity index (χ2v) is 8.40. The van der Waals surface area contributed by atoms with Gasteiger partial charge in [0, 0.05) is 19.1 Å². The summed E-state index contributed by atoms with van der Waals surface area (Å²) < 4.78 is 10.1. The van der Waals surface area contributed by atoms with Crippen LogP contribution in [0.25, 0.3) is 5.57 Å². The van der Waals surface area contributed by atoms with Gasteiger partial charge in [-0.1, -0.05) is 54.6 Å². The summed E-state index contributed by atoms with van der Waals surface area (Å²) >= 11 is 0. The fourth-order valence-corrected chi connectivity index (χ4v) is 5.04. The molecular formula is C26H29NO4. The molecule has 31 heavy (non-hydrogen) atoms. The van der Waals surface area contributed by atoms with Crippen molar-refractivity contribution in [2.75, 3.05) is 14.2 Å². The molecule has 3 atom stereocenters. The maximum Gasteiger partial charge on any atom is 0.309 e. The van der Waals surface area contributed by atoms with Crippen LogP contribution in [-0.2, 0) is 32.2 Å². The fourth-order valence-electron chi connectivity index (χ4n) is 5.04. The highest BCUT2D eigenvalue weighted by atomic mass is 16.5. The number of carbonyl (C=O) groups excluding carboxylic acids is 2. The first-order valence-electron chi connectivity index (χ1n) is 10.8. The van der Waals surface area contributed by atoms with E-state index in [0.29, 0.717) is 12.8 Å². The molecule has 1 heterocycles. The van der Waals surface area contributed by atoms with Gasteiger partial charge < -0.3 is 9.47 Å². The van der Waals surface area contributed by atoms with E-state index in [2.05, 4.69) is 54.3 Å². The molecule has 0 spiro atoms. The molecule has 1 aliphatic carbocycles. The molecule has 5 nitrogen and oxygen atoms in total. The molecule has 2 aromatic carbocycles. The molecule has 4 rings (SSSR count). The van der Waals surface area contributed by atoms with Crippen LogP contribution in [0.2, 0.25) is 0 Å². The molecule has 0 saturated carbocycles. The standard InChI is InChI=1S/C26H29NO4/c1-17-21-13-23(25(28)30-2)24(26(29)31-3)14-22(21)20-12-8-7-11-19(20)16-27(17)15-18-9-5-4-6-10-18/h4-12,17,23-24H,13-16H2,1-3H3/t17?,23-,24-/m0/s1. The van der Waals surface area contributed by atoms with E-state index < -0.39 is 11.8 Å². The van der Waals surface area contributed by atoms with Gasteiger partial charge in [-0.3, -0.25) is 14.5 Å². The Hall–Kier alpha value is -2.92. The normalized spacial score (nSPS) is 23.4. The number of methoxy groups -OCH3 is 2. The lowest BCUT2D eigenvalue weighted by Crippen LogP contribution is -2.39. The van der Waals surface area contributed by atoms with Crippen LogP contribution < -0.4 is 0 Å². The van der Waals surface area contributed by atoms with Crippen molar-refractivity contribution in [3.63, 3.8) is 0 Å². The number of carbonyl (C=O) groups is 2. The number of esters is 2. The van der Waals surface area contributed by atoms with Crippen molar-refractivity contribution in [2.24, 2.45) is 11.8 Å². The fraction of sp³-hybridized carbons (Fsp3) is 0.385. The molecule has 0 saturated heterocycles. The Morgan fingerprint density at radius 3 is 2.19 bits per heavy atom. The number of benzene rings is 2. The summed E-state index contributed by atoms with van der Waals surface area (Å²) in [5, 5.41) is 0. The Bertz CT molecular complexity index is 997. The van der Waals surface area contributed by atoms with Gasteiger partial charge >= 0.3 is 11.9 Å². The van der Waals surface area contributed by atoms with Crippen LogP contribution >= 0.6 is 0 Å². The minimum absolute atomic E-state index is 0.133. The van der Waals surface area contributed by atoms with Crippen molar-refractivity contribution in [3.8, 4) is 0 Å². The van der Waals surface area contributed by atoms with Crippen molar-refractivity contribution in [3.05, 3.63) is 76.9 Å². The van der Waals surface area contributed by atoms with Crippen molar-refractivity contribution in [2.45, 2.75) is 38.9 Å². The summed E-state index contributed by atoms with van der Waals surface area (Å²) in [6.45, 7) is 3.83. The highest BCUT2D eigenvalue weighted by Crippen LogP contribution is 2.45. The number of allylic oxidation sites excluding steroid dienone is 1. The van der Waals surface area contributed by atoms with E-state index >= 15 is 0 Å². The van der Waals surface area contributed by atoms with Gasteiger partial charge in [-0.05, 0) is 47.6 Å². The minimum atomic E-state index is -0.530. The van der Waals surface area contributed by atoms with Crippen LogP contribution in [0.15, 0.2) is 60.2 Å². The minimum Gasteiger partial charge on any atom is -0.469 e. The van der Waals surface area contributed by atoms with Gasteiger partial charge in [0.15, 0.2) is 0 Å². The summed E-state index contributed by atoms with van der Waals surface area (Å²) in [7, 11) is 2.76. The monoisotopic (exact) mass is 419 g/mol. The lowest BCUT2D eigenvalue weighted by molar-refractivity contribution is -0.157. The molecule has 162 valence electrons. The van der Waals surface area contributed by atoms with E-state index in [1.54, 1.807) is 0 Å². The highest BCUT2D eigenvalue weighted by Gasteiger charge is 2.43. The van der Waals surface area contributed by atoms with Crippen molar-refractivity contribution >= 4 is 17.5 Å². The van der Waals surface area contributed by atoms with E-state index in [-0.39, 0.29) is 18.0 Å². The van der Waals surface area contributed by atoms with E-state index in [4.69, 9.17) is 9.47 Å². The highest BCUT2D eigenvalue weighted by molar-refractivity contribution is 5.87. The first kappa shape index (κ1) is 21.3. The smallest absolute Gasteiger partial charge is 0.309 e. The summed E-state index contributed by atoms with van der Waals surface area (Å²) in [5.41, 5.74) is 6.07. The number of fused-ring (bicyclic) bond motifs is 2. The molecule has 0 amide bonds. The zero-order valence-corrected chi connectivity index (χ0v) is 18.3. The quantitative estimate of drug-likeness (QED) is 0.695. The largest absolute Gasteiger partial charge is 0.469 e. The molecule has 1 unspecified atom stereocenters. The summed E-state index contributed by atoms with van der Waals surface area (Å²) in [5.74, 6) is -1.75. The average molecular weight is 420 g/mol. The second-order valence-electron chi connectivity index (χ2n) is 8.40. The lowest BCUT2D eigenvalue weighted by Gasteiger charge is -2.36. The topological polar surface area (TPSA) is 55.8 Å². The molecular weight excluding hydrogens is 390 g/mol. The number of hydrogen-bond donors (Lipinski definition) is 0. The molecule has 0 N–H and O–H groups in total. The number of rotatable bonds is 4. The van der Waals surface area contributed by atoms with Gasteiger partial charge in [-0.2, -0.15) is 0 Å². The third-order valence-corrected chi connectivity index (χ3v) is 6.74. The van der Waals surface area contributed by atoms with Gasteiger partial charge in [-0.25, -0.2) is 0 Å². The predicted molar refractivity (Wildman–Crippen MR) is 119 cm³/mol. The molecule has 2 aromatic rings. The van der Waals surface area contributed by atoms with E-state index in [9.17, 15) is 9.59 Å². The number of hydrogen-bond acceptors (Lipinski definition) is 5.